The second-order valence-corrected chi connectivity index (χ2v) is 3.24. The Bertz CT molecular complexity index is 339. The molecule has 0 saturated carbocycles. The van der Waals surface area contributed by atoms with E-state index >= 15 is 0 Å². The molecular weight excluding hydrogens is 152 g/mol. The third-order valence-electron chi connectivity index (χ3n) is 2.42. The normalized spacial score (nSPS) is 14.8. The zero-order valence-corrected chi connectivity index (χ0v) is 7.32. The Morgan fingerprint density at radius 3 is 2.75 bits per heavy atom. The molecule has 2 N–H and O–H groups in total. The van der Waals surface area contributed by atoms with Crippen molar-refractivity contribution in [1.82, 2.24) is 10.3 Å². The number of carbonyl (C=O) groups is 1. The van der Waals surface area contributed by atoms with Crippen LogP contribution in [-0.2, 0) is 13.1 Å². The summed E-state index contributed by atoms with van der Waals surface area (Å²) < 4.78 is 0. The van der Waals surface area contributed by atoms with Crippen LogP contribution in [0.1, 0.15) is 34.2 Å². The lowest BCUT2D eigenvalue weighted by atomic mass is 10.1. The van der Waals surface area contributed by atoms with E-state index in [0.29, 0.717) is 0 Å². The van der Waals surface area contributed by atoms with Gasteiger partial charge in [0.2, 0.25) is 0 Å². The van der Waals surface area contributed by atoms with Crippen molar-refractivity contribution < 1.29 is 4.79 Å². The molecule has 0 fully saturated rings. The SMILES string of the molecule is CC(=O)c1[nH]c2c(c1C)CNC2. The highest BCUT2D eigenvalue weighted by atomic mass is 16.1. The average Bonchev–Trinajstić information content (AvgIpc) is 2.53. The molecule has 12 heavy (non-hydrogen) atoms. The summed E-state index contributed by atoms with van der Waals surface area (Å²) in [5.41, 5.74) is 4.35. The van der Waals surface area contributed by atoms with Gasteiger partial charge < -0.3 is 10.3 Å². The highest BCUT2D eigenvalue weighted by Crippen LogP contribution is 2.22. The number of rotatable bonds is 1. The Morgan fingerprint density at radius 1 is 1.42 bits per heavy atom. The van der Waals surface area contributed by atoms with Gasteiger partial charge >= 0.3 is 0 Å². The molecule has 0 radical (unpaired) electrons. The fourth-order valence-corrected chi connectivity index (χ4v) is 1.75. The van der Waals surface area contributed by atoms with Gasteiger partial charge in [0, 0.05) is 25.7 Å². The summed E-state index contributed by atoms with van der Waals surface area (Å²) in [5.74, 6) is 0.127. The summed E-state index contributed by atoms with van der Waals surface area (Å²) in [6.45, 7) is 5.36. The van der Waals surface area contributed by atoms with Crippen LogP contribution >= 0.6 is 0 Å². The third-order valence-corrected chi connectivity index (χ3v) is 2.42. The van der Waals surface area contributed by atoms with Crippen LogP contribution in [-0.4, -0.2) is 10.8 Å². The van der Waals surface area contributed by atoms with Gasteiger partial charge in [-0.3, -0.25) is 4.79 Å². The highest BCUT2D eigenvalue weighted by molar-refractivity contribution is 5.94. The van der Waals surface area contributed by atoms with Crippen LogP contribution in [0.25, 0.3) is 0 Å². The molecule has 3 heteroatoms. The third kappa shape index (κ3) is 0.898. The summed E-state index contributed by atoms with van der Waals surface area (Å²) in [7, 11) is 0. The molecule has 1 aromatic rings. The van der Waals surface area contributed by atoms with Crippen molar-refractivity contribution in [3.05, 3.63) is 22.5 Å². The zero-order valence-electron chi connectivity index (χ0n) is 7.32. The molecule has 0 atom stereocenters. The second kappa shape index (κ2) is 2.45. The first kappa shape index (κ1) is 7.55. The molecule has 0 aliphatic carbocycles. The first-order valence-corrected chi connectivity index (χ1v) is 4.12. The molecule has 2 heterocycles. The van der Waals surface area contributed by atoms with Crippen molar-refractivity contribution in [3.8, 4) is 0 Å². The van der Waals surface area contributed by atoms with Crippen LogP contribution < -0.4 is 5.32 Å². The van der Waals surface area contributed by atoms with Crippen LogP contribution in [0.3, 0.4) is 0 Å². The maximum atomic E-state index is 11.1. The maximum Gasteiger partial charge on any atom is 0.176 e. The number of carbonyl (C=O) groups excluding carboxylic acids is 1. The van der Waals surface area contributed by atoms with Crippen molar-refractivity contribution in [2.75, 3.05) is 0 Å². The molecule has 1 aromatic heterocycles. The topological polar surface area (TPSA) is 44.9 Å². The molecule has 2 rings (SSSR count). The van der Waals surface area contributed by atoms with Crippen LogP contribution in [0.5, 0.6) is 0 Å². The van der Waals surface area contributed by atoms with Gasteiger partial charge in [0.05, 0.1) is 5.69 Å². The molecular formula is C9H12N2O. The van der Waals surface area contributed by atoms with Gasteiger partial charge in [0.1, 0.15) is 0 Å². The molecule has 0 saturated heterocycles. The van der Waals surface area contributed by atoms with E-state index in [4.69, 9.17) is 0 Å². The minimum atomic E-state index is 0.127. The molecule has 0 unspecified atom stereocenters. The van der Waals surface area contributed by atoms with E-state index < -0.39 is 0 Å². The van der Waals surface area contributed by atoms with Crippen molar-refractivity contribution in [1.29, 1.82) is 0 Å². The second-order valence-electron chi connectivity index (χ2n) is 3.24. The van der Waals surface area contributed by atoms with Gasteiger partial charge in [-0.25, -0.2) is 0 Å². The zero-order chi connectivity index (χ0) is 8.72. The Kier molecular flexibility index (Phi) is 1.54. The number of fused-ring (bicyclic) bond motifs is 1. The lowest BCUT2D eigenvalue weighted by Gasteiger charge is -1.96. The van der Waals surface area contributed by atoms with Crippen molar-refractivity contribution in [3.63, 3.8) is 0 Å². The molecule has 64 valence electrons. The first-order chi connectivity index (χ1) is 5.70. The lowest BCUT2D eigenvalue weighted by molar-refractivity contribution is 0.101. The lowest BCUT2D eigenvalue weighted by Crippen LogP contribution is -2.05. The van der Waals surface area contributed by atoms with Gasteiger partial charge in [-0.2, -0.15) is 0 Å². The quantitative estimate of drug-likeness (QED) is 0.611. The molecule has 0 amide bonds. The standard InChI is InChI=1S/C9H12N2O/c1-5-7-3-10-4-8(7)11-9(5)6(2)12/h10-11H,3-4H2,1-2H3. The van der Waals surface area contributed by atoms with Gasteiger partial charge in [-0.1, -0.05) is 0 Å². The molecule has 0 spiro atoms. The fraction of sp³-hybridized carbons (Fsp3) is 0.444. The van der Waals surface area contributed by atoms with Gasteiger partial charge in [0.25, 0.3) is 0 Å². The van der Waals surface area contributed by atoms with E-state index in [-0.39, 0.29) is 5.78 Å². The van der Waals surface area contributed by atoms with Gasteiger partial charge in [0.15, 0.2) is 5.78 Å². The Labute approximate surface area is 71.2 Å². The van der Waals surface area contributed by atoms with Gasteiger partial charge in [-0.15, -0.1) is 0 Å². The van der Waals surface area contributed by atoms with E-state index in [0.717, 1.165) is 24.3 Å². The summed E-state index contributed by atoms with van der Waals surface area (Å²) in [5, 5.41) is 3.23. The number of H-pyrrole nitrogens is 1. The van der Waals surface area contributed by atoms with E-state index in [1.165, 1.54) is 11.3 Å². The first-order valence-electron chi connectivity index (χ1n) is 4.12. The Hall–Kier alpha value is -1.09. The number of nitrogens with one attached hydrogen (secondary N) is 2. The number of Topliss-reactive ketones (excluding diaryl/α,β-unsaturated/α-hetero) is 1. The van der Waals surface area contributed by atoms with Gasteiger partial charge in [-0.05, 0) is 18.1 Å². The van der Waals surface area contributed by atoms with Crippen LogP contribution in [0, 0.1) is 6.92 Å². The fourth-order valence-electron chi connectivity index (χ4n) is 1.75. The number of hydrogen-bond donors (Lipinski definition) is 2. The largest absolute Gasteiger partial charge is 0.354 e. The van der Waals surface area contributed by atoms with E-state index in [1.54, 1.807) is 6.92 Å². The number of aromatic amines is 1. The van der Waals surface area contributed by atoms with Crippen molar-refractivity contribution >= 4 is 5.78 Å². The predicted octanol–water partition coefficient (Wildman–Crippen LogP) is 1.13. The van der Waals surface area contributed by atoms with Crippen LogP contribution in [0.2, 0.25) is 0 Å². The number of hydrogen-bond acceptors (Lipinski definition) is 2. The van der Waals surface area contributed by atoms with E-state index in [1.807, 2.05) is 6.92 Å². The molecule has 0 aromatic carbocycles. The highest BCUT2D eigenvalue weighted by Gasteiger charge is 2.19. The average molecular weight is 164 g/mol. The predicted molar refractivity (Wildman–Crippen MR) is 46.1 cm³/mol. The molecule has 1 aliphatic rings. The van der Waals surface area contributed by atoms with Crippen LogP contribution in [0.15, 0.2) is 0 Å². The van der Waals surface area contributed by atoms with Crippen LogP contribution in [0.4, 0.5) is 0 Å². The summed E-state index contributed by atoms with van der Waals surface area (Å²) in [6, 6.07) is 0. The molecule has 3 nitrogen and oxygen atoms in total. The van der Waals surface area contributed by atoms with Crippen molar-refractivity contribution in [2.24, 2.45) is 0 Å². The van der Waals surface area contributed by atoms with E-state index in [2.05, 4.69) is 10.3 Å². The number of ketones is 1. The summed E-state index contributed by atoms with van der Waals surface area (Å²) >= 11 is 0. The summed E-state index contributed by atoms with van der Waals surface area (Å²) in [6.07, 6.45) is 0. The summed E-state index contributed by atoms with van der Waals surface area (Å²) in [4.78, 5) is 14.3. The Balaban J connectivity index is 2.54. The molecule has 0 bridgehead atoms. The minimum Gasteiger partial charge on any atom is -0.354 e. The monoisotopic (exact) mass is 164 g/mol. The van der Waals surface area contributed by atoms with Crippen molar-refractivity contribution in [2.45, 2.75) is 26.9 Å². The molecule has 1 aliphatic heterocycles. The Morgan fingerprint density at radius 2 is 2.17 bits per heavy atom. The smallest absolute Gasteiger partial charge is 0.176 e. The number of aromatic nitrogens is 1. The van der Waals surface area contributed by atoms with E-state index in [9.17, 15) is 4.79 Å². The maximum absolute atomic E-state index is 11.1. The minimum absolute atomic E-state index is 0.127.